The molecule has 4 nitrogen and oxygen atoms in total. The van der Waals surface area contributed by atoms with Gasteiger partial charge in [0.2, 0.25) is 10.0 Å². The number of hydrogen-bond acceptors (Lipinski definition) is 3. The third kappa shape index (κ3) is 3.65. The van der Waals surface area contributed by atoms with Gasteiger partial charge in [0.25, 0.3) is 0 Å². The van der Waals surface area contributed by atoms with Crippen molar-refractivity contribution >= 4 is 27.3 Å². The van der Waals surface area contributed by atoms with Crippen LogP contribution in [-0.4, -0.2) is 14.5 Å². The van der Waals surface area contributed by atoms with E-state index in [0.717, 1.165) is 25.7 Å². The maximum Gasteiger partial charge on any atom is 0.242 e. The molecule has 0 unspecified atom stereocenters. The molecule has 1 saturated carbocycles. The molecule has 0 spiro atoms. The van der Waals surface area contributed by atoms with Crippen molar-refractivity contribution < 1.29 is 8.42 Å². The van der Waals surface area contributed by atoms with E-state index >= 15 is 0 Å². The number of anilines is 1. The zero-order chi connectivity index (χ0) is 15.0. The number of benzene rings is 1. The second-order valence-electron chi connectivity index (χ2n) is 6.25. The van der Waals surface area contributed by atoms with E-state index in [1.807, 2.05) is 0 Å². The fraction of sp³-hybridized carbons (Fsp3) is 0.571. The maximum atomic E-state index is 12.4. The van der Waals surface area contributed by atoms with Crippen LogP contribution in [0.25, 0.3) is 0 Å². The molecule has 6 heteroatoms. The average molecular weight is 317 g/mol. The third-order valence-corrected chi connectivity index (χ3v) is 5.91. The Morgan fingerprint density at radius 3 is 2.45 bits per heavy atom. The Balaban J connectivity index is 2.12. The second kappa shape index (κ2) is 5.54. The first kappa shape index (κ1) is 15.6. The van der Waals surface area contributed by atoms with Crippen LogP contribution < -0.4 is 10.5 Å². The van der Waals surface area contributed by atoms with Gasteiger partial charge in [0, 0.05) is 11.7 Å². The van der Waals surface area contributed by atoms with Crippen molar-refractivity contribution in [3.63, 3.8) is 0 Å². The van der Waals surface area contributed by atoms with Crippen LogP contribution in [0.5, 0.6) is 0 Å². The lowest BCUT2D eigenvalue weighted by atomic mass is 9.76. The Bertz CT molecular complexity index is 589. The highest BCUT2D eigenvalue weighted by Crippen LogP contribution is 2.35. The minimum atomic E-state index is -3.58. The lowest BCUT2D eigenvalue weighted by Crippen LogP contribution is -2.39. The molecule has 1 fully saturated rings. The zero-order valence-electron chi connectivity index (χ0n) is 11.8. The normalized spacial score (nSPS) is 19.9. The molecule has 0 radical (unpaired) electrons. The number of nitrogens with two attached hydrogens (primary N) is 1. The van der Waals surface area contributed by atoms with Gasteiger partial charge >= 0.3 is 0 Å². The minimum Gasteiger partial charge on any atom is -0.399 e. The van der Waals surface area contributed by atoms with E-state index in [1.54, 1.807) is 6.07 Å². The molecule has 112 valence electrons. The van der Waals surface area contributed by atoms with Crippen molar-refractivity contribution in [2.75, 3.05) is 5.73 Å². The number of rotatable bonds is 3. The van der Waals surface area contributed by atoms with E-state index < -0.39 is 10.0 Å². The number of nitrogens with one attached hydrogen (secondary N) is 1. The lowest BCUT2D eigenvalue weighted by Gasteiger charge is -2.34. The van der Waals surface area contributed by atoms with E-state index in [4.69, 9.17) is 17.3 Å². The van der Waals surface area contributed by atoms with Gasteiger partial charge in [-0.05, 0) is 49.3 Å². The van der Waals surface area contributed by atoms with Crippen LogP contribution in [0.4, 0.5) is 5.69 Å². The van der Waals surface area contributed by atoms with Gasteiger partial charge < -0.3 is 5.73 Å². The van der Waals surface area contributed by atoms with Crippen LogP contribution in [0.15, 0.2) is 23.1 Å². The largest absolute Gasteiger partial charge is 0.399 e. The topological polar surface area (TPSA) is 72.2 Å². The molecule has 0 atom stereocenters. The van der Waals surface area contributed by atoms with Crippen molar-refractivity contribution in [2.45, 2.75) is 50.5 Å². The Morgan fingerprint density at radius 1 is 1.30 bits per heavy atom. The number of sulfonamides is 1. The van der Waals surface area contributed by atoms with Gasteiger partial charge in [0.15, 0.2) is 0 Å². The van der Waals surface area contributed by atoms with E-state index in [0.29, 0.717) is 11.1 Å². The summed E-state index contributed by atoms with van der Waals surface area (Å²) in [5, 5.41) is 0.161. The van der Waals surface area contributed by atoms with Gasteiger partial charge in [-0.25, -0.2) is 13.1 Å². The monoisotopic (exact) mass is 316 g/mol. The first-order valence-electron chi connectivity index (χ1n) is 6.77. The summed E-state index contributed by atoms with van der Waals surface area (Å²) in [6, 6.07) is 4.44. The molecule has 1 aliphatic rings. The van der Waals surface area contributed by atoms with E-state index in [2.05, 4.69) is 18.6 Å². The fourth-order valence-corrected chi connectivity index (χ4v) is 4.39. The molecule has 0 aliphatic heterocycles. The van der Waals surface area contributed by atoms with Crippen molar-refractivity contribution in [1.29, 1.82) is 0 Å². The Kier molecular flexibility index (Phi) is 4.33. The smallest absolute Gasteiger partial charge is 0.242 e. The van der Waals surface area contributed by atoms with E-state index in [1.165, 1.54) is 12.1 Å². The van der Waals surface area contributed by atoms with Crippen LogP contribution in [0.3, 0.4) is 0 Å². The highest BCUT2D eigenvalue weighted by Gasteiger charge is 2.30. The van der Waals surface area contributed by atoms with Gasteiger partial charge in [-0.3, -0.25) is 0 Å². The van der Waals surface area contributed by atoms with E-state index in [9.17, 15) is 8.42 Å². The van der Waals surface area contributed by atoms with Crippen LogP contribution in [-0.2, 0) is 10.0 Å². The molecule has 0 amide bonds. The summed E-state index contributed by atoms with van der Waals surface area (Å²) in [5.41, 5.74) is 6.34. The van der Waals surface area contributed by atoms with Crippen LogP contribution in [0.2, 0.25) is 5.02 Å². The minimum absolute atomic E-state index is 0.0124. The summed E-state index contributed by atoms with van der Waals surface area (Å²) >= 11 is 5.98. The van der Waals surface area contributed by atoms with Gasteiger partial charge in [-0.15, -0.1) is 0 Å². The van der Waals surface area contributed by atoms with Crippen molar-refractivity contribution in [2.24, 2.45) is 5.41 Å². The molecule has 2 rings (SSSR count). The van der Waals surface area contributed by atoms with Crippen LogP contribution in [0.1, 0.15) is 39.5 Å². The summed E-state index contributed by atoms with van der Waals surface area (Å²) in [7, 11) is -3.58. The van der Waals surface area contributed by atoms with Crippen LogP contribution in [0, 0.1) is 5.41 Å². The summed E-state index contributed by atoms with van der Waals surface area (Å²) in [6.45, 7) is 4.43. The molecule has 1 aromatic carbocycles. The maximum absolute atomic E-state index is 12.4. The molecule has 0 bridgehead atoms. The lowest BCUT2D eigenvalue weighted by molar-refractivity contribution is 0.218. The summed E-state index contributed by atoms with van der Waals surface area (Å²) in [4.78, 5) is 0.0956. The van der Waals surface area contributed by atoms with Gasteiger partial charge in [0.1, 0.15) is 4.90 Å². The van der Waals surface area contributed by atoms with Crippen LogP contribution >= 0.6 is 11.6 Å². The van der Waals surface area contributed by atoms with E-state index in [-0.39, 0.29) is 16.0 Å². The highest BCUT2D eigenvalue weighted by molar-refractivity contribution is 7.89. The fourth-order valence-electron chi connectivity index (χ4n) is 2.54. The SMILES string of the molecule is CC1(C)CCC(NS(=O)(=O)c2ccc(N)cc2Cl)CC1. The third-order valence-electron chi connectivity index (χ3n) is 3.91. The Morgan fingerprint density at radius 2 is 1.90 bits per heavy atom. The van der Waals surface area contributed by atoms with Gasteiger partial charge in [-0.1, -0.05) is 25.4 Å². The Hall–Kier alpha value is -0.780. The quantitative estimate of drug-likeness (QED) is 0.841. The highest BCUT2D eigenvalue weighted by atomic mass is 35.5. The molecule has 3 N–H and O–H groups in total. The number of nitrogen functional groups attached to an aromatic ring is 1. The van der Waals surface area contributed by atoms with Gasteiger partial charge in [-0.2, -0.15) is 0 Å². The molecule has 0 heterocycles. The molecule has 20 heavy (non-hydrogen) atoms. The molecule has 0 saturated heterocycles. The molecular weight excluding hydrogens is 296 g/mol. The zero-order valence-corrected chi connectivity index (χ0v) is 13.4. The first-order chi connectivity index (χ1) is 9.20. The second-order valence-corrected chi connectivity index (χ2v) is 8.34. The summed E-state index contributed by atoms with van der Waals surface area (Å²) < 4.78 is 27.5. The number of hydrogen-bond donors (Lipinski definition) is 2. The molecule has 1 aromatic rings. The first-order valence-corrected chi connectivity index (χ1v) is 8.63. The number of halogens is 1. The molecule has 0 aromatic heterocycles. The van der Waals surface area contributed by atoms with Gasteiger partial charge in [0.05, 0.1) is 5.02 Å². The standard InChI is InChI=1S/C14H21ClN2O2S/c1-14(2)7-5-11(6-8-14)17-20(18,19)13-4-3-10(16)9-12(13)15/h3-4,9,11,17H,5-8,16H2,1-2H3. The molecular formula is C14H21ClN2O2S. The van der Waals surface area contributed by atoms with Crippen molar-refractivity contribution in [3.05, 3.63) is 23.2 Å². The molecule has 1 aliphatic carbocycles. The summed E-state index contributed by atoms with van der Waals surface area (Å²) in [6.07, 6.45) is 3.77. The predicted octanol–water partition coefficient (Wildman–Crippen LogP) is 3.17. The average Bonchev–Trinajstić information content (AvgIpc) is 2.31. The summed E-state index contributed by atoms with van der Waals surface area (Å²) in [5.74, 6) is 0. The van der Waals surface area contributed by atoms with Crippen molar-refractivity contribution in [1.82, 2.24) is 4.72 Å². The Labute approximate surface area is 125 Å². The van der Waals surface area contributed by atoms with Crippen molar-refractivity contribution in [3.8, 4) is 0 Å². The predicted molar refractivity (Wildman–Crippen MR) is 82.2 cm³/mol.